The molecule has 1 amide bonds. The van der Waals surface area contributed by atoms with E-state index in [9.17, 15) is 10.1 Å². The zero-order valence-corrected chi connectivity index (χ0v) is 17.2. The molecule has 0 radical (unpaired) electrons. The SMILES string of the molecule is N#Cc1c(-c2ccccc2)cc(-c2ccccc2)nc1SCC(=O)Nc1ncccn1. The number of benzene rings is 2. The van der Waals surface area contributed by atoms with E-state index in [1.165, 1.54) is 11.8 Å². The van der Waals surface area contributed by atoms with Gasteiger partial charge in [-0.15, -0.1) is 0 Å². The number of hydrogen-bond acceptors (Lipinski definition) is 6. The van der Waals surface area contributed by atoms with Crippen molar-refractivity contribution in [3.8, 4) is 28.5 Å². The predicted molar refractivity (Wildman–Crippen MR) is 121 cm³/mol. The fraction of sp³-hybridized carbons (Fsp3) is 0.0417. The van der Waals surface area contributed by atoms with E-state index in [1.54, 1.807) is 18.5 Å². The first-order valence-electron chi connectivity index (χ1n) is 9.50. The van der Waals surface area contributed by atoms with Gasteiger partial charge in [0, 0.05) is 23.5 Å². The molecule has 0 spiro atoms. The third-order valence-corrected chi connectivity index (χ3v) is 5.38. The van der Waals surface area contributed by atoms with E-state index in [0.717, 1.165) is 22.4 Å². The van der Waals surface area contributed by atoms with Crippen LogP contribution in [0.5, 0.6) is 0 Å². The molecule has 1 N–H and O–H groups in total. The van der Waals surface area contributed by atoms with Crippen molar-refractivity contribution in [3.63, 3.8) is 0 Å². The van der Waals surface area contributed by atoms with Crippen LogP contribution in [0.25, 0.3) is 22.4 Å². The van der Waals surface area contributed by atoms with Gasteiger partial charge in [0.05, 0.1) is 17.0 Å². The summed E-state index contributed by atoms with van der Waals surface area (Å²) >= 11 is 1.22. The van der Waals surface area contributed by atoms with Crippen molar-refractivity contribution in [3.05, 3.63) is 90.8 Å². The quantitative estimate of drug-likeness (QED) is 0.448. The highest BCUT2D eigenvalue weighted by Gasteiger charge is 2.17. The molecule has 0 saturated carbocycles. The Morgan fingerprint density at radius 3 is 2.23 bits per heavy atom. The average molecular weight is 424 g/mol. The fourth-order valence-corrected chi connectivity index (χ4v) is 3.80. The van der Waals surface area contributed by atoms with Crippen LogP contribution in [-0.4, -0.2) is 26.6 Å². The Balaban J connectivity index is 1.68. The van der Waals surface area contributed by atoms with Gasteiger partial charge in [0.2, 0.25) is 11.9 Å². The van der Waals surface area contributed by atoms with Crippen LogP contribution in [0, 0.1) is 11.3 Å². The van der Waals surface area contributed by atoms with E-state index in [1.807, 2.05) is 66.7 Å². The normalized spacial score (nSPS) is 10.3. The molecular formula is C24H17N5OS. The van der Waals surface area contributed by atoms with E-state index in [2.05, 4.69) is 21.4 Å². The third kappa shape index (κ3) is 4.94. The zero-order valence-electron chi connectivity index (χ0n) is 16.4. The van der Waals surface area contributed by atoms with Crippen LogP contribution in [0.2, 0.25) is 0 Å². The summed E-state index contributed by atoms with van der Waals surface area (Å²) in [5.74, 6) is 0.0460. The molecule has 7 heteroatoms. The molecule has 0 aliphatic heterocycles. The Kier molecular flexibility index (Phi) is 6.31. The van der Waals surface area contributed by atoms with Crippen LogP contribution in [-0.2, 0) is 4.79 Å². The highest BCUT2D eigenvalue weighted by Crippen LogP contribution is 2.34. The van der Waals surface area contributed by atoms with E-state index in [-0.39, 0.29) is 17.6 Å². The molecule has 0 atom stereocenters. The molecule has 150 valence electrons. The van der Waals surface area contributed by atoms with Gasteiger partial charge < -0.3 is 0 Å². The van der Waals surface area contributed by atoms with Crippen molar-refractivity contribution in [2.75, 3.05) is 11.1 Å². The maximum Gasteiger partial charge on any atom is 0.237 e. The lowest BCUT2D eigenvalue weighted by molar-refractivity contribution is -0.113. The van der Waals surface area contributed by atoms with Crippen molar-refractivity contribution < 1.29 is 4.79 Å². The van der Waals surface area contributed by atoms with Crippen molar-refractivity contribution in [1.82, 2.24) is 15.0 Å². The van der Waals surface area contributed by atoms with Crippen molar-refractivity contribution in [2.45, 2.75) is 5.03 Å². The van der Waals surface area contributed by atoms with Crippen LogP contribution in [0.15, 0.2) is 90.2 Å². The Labute approximate surface area is 184 Å². The summed E-state index contributed by atoms with van der Waals surface area (Å²) in [6.45, 7) is 0. The molecule has 2 aromatic heterocycles. The summed E-state index contributed by atoms with van der Waals surface area (Å²) in [6.07, 6.45) is 3.11. The number of carbonyl (C=O) groups excluding carboxylic acids is 1. The Bertz CT molecular complexity index is 1230. The van der Waals surface area contributed by atoms with Crippen LogP contribution in [0.3, 0.4) is 0 Å². The van der Waals surface area contributed by atoms with E-state index >= 15 is 0 Å². The number of amides is 1. The van der Waals surface area contributed by atoms with Crippen LogP contribution in [0.1, 0.15) is 5.56 Å². The number of nitrogens with zero attached hydrogens (tertiary/aromatic N) is 4. The minimum atomic E-state index is -0.270. The molecule has 4 aromatic rings. The molecule has 4 rings (SSSR count). The van der Waals surface area contributed by atoms with Gasteiger partial charge in [0.1, 0.15) is 11.1 Å². The maximum absolute atomic E-state index is 12.4. The number of anilines is 1. The first-order valence-corrected chi connectivity index (χ1v) is 10.5. The van der Waals surface area contributed by atoms with Crippen LogP contribution >= 0.6 is 11.8 Å². The van der Waals surface area contributed by atoms with Crippen molar-refractivity contribution in [1.29, 1.82) is 5.26 Å². The van der Waals surface area contributed by atoms with Gasteiger partial charge in [-0.1, -0.05) is 72.4 Å². The summed E-state index contributed by atoms with van der Waals surface area (Å²) < 4.78 is 0. The van der Waals surface area contributed by atoms with Gasteiger partial charge in [-0.25, -0.2) is 15.0 Å². The molecule has 6 nitrogen and oxygen atoms in total. The summed E-state index contributed by atoms with van der Waals surface area (Å²) in [5, 5.41) is 13.1. The summed E-state index contributed by atoms with van der Waals surface area (Å²) in [6, 6.07) is 25.3. The summed E-state index contributed by atoms with van der Waals surface area (Å²) in [7, 11) is 0. The Morgan fingerprint density at radius 2 is 1.58 bits per heavy atom. The molecule has 0 aliphatic carbocycles. The third-order valence-electron chi connectivity index (χ3n) is 4.41. The average Bonchev–Trinajstić information content (AvgIpc) is 2.84. The number of thioether (sulfide) groups is 1. The summed E-state index contributed by atoms with van der Waals surface area (Å²) in [5.41, 5.74) is 3.83. The van der Waals surface area contributed by atoms with E-state index < -0.39 is 0 Å². The minimum absolute atomic E-state index is 0.0758. The monoisotopic (exact) mass is 423 g/mol. The molecule has 0 bridgehead atoms. The van der Waals surface area contributed by atoms with Gasteiger partial charge in [-0.3, -0.25) is 10.1 Å². The zero-order chi connectivity index (χ0) is 21.5. The molecule has 31 heavy (non-hydrogen) atoms. The number of nitriles is 1. The summed E-state index contributed by atoms with van der Waals surface area (Å²) in [4.78, 5) is 25.1. The highest BCUT2D eigenvalue weighted by atomic mass is 32.2. The molecule has 0 unspecified atom stereocenters. The lowest BCUT2D eigenvalue weighted by Crippen LogP contribution is -2.16. The largest absolute Gasteiger partial charge is 0.294 e. The Hall–Kier alpha value is -4.02. The lowest BCUT2D eigenvalue weighted by Gasteiger charge is -2.12. The van der Waals surface area contributed by atoms with Gasteiger partial charge in [-0.05, 0) is 17.7 Å². The van der Waals surface area contributed by atoms with Crippen LogP contribution in [0.4, 0.5) is 5.95 Å². The first-order chi connectivity index (χ1) is 15.2. The number of carbonyl (C=O) groups is 1. The predicted octanol–water partition coefficient (Wildman–Crippen LogP) is 4.81. The number of nitrogens with one attached hydrogen (secondary N) is 1. The number of rotatable bonds is 6. The minimum Gasteiger partial charge on any atom is -0.294 e. The first kappa shape index (κ1) is 20.3. The topological polar surface area (TPSA) is 91.6 Å². The maximum atomic E-state index is 12.4. The molecule has 0 fully saturated rings. The van der Waals surface area contributed by atoms with Crippen LogP contribution < -0.4 is 5.32 Å². The van der Waals surface area contributed by atoms with Gasteiger partial charge in [-0.2, -0.15) is 5.26 Å². The number of hydrogen-bond donors (Lipinski definition) is 1. The second-order valence-electron chi connectivity index (χ2n) is 6.49. The fourth-order valence-electron chi connectivity index (χ4n) is 2.99. The van der Waals surface area contributed by atoms with Gasteiger partial charge >= 0.3 is 0 Å². The second kappa shape index (κ2) is 9.65. The smallest absolute Gasteiger partial charge is 0.237 e. The molecule has 2 heterocycles. The number of pyridine rings is 1. The van der Waals surface area contributed by atoms with Gasteiger partial charge in [0.25, 0.3) is 0 Å². The molecule has 0 aliphatic rings. The standard InChI is InChI=1S/C24H17N5OS/c25-15-20-19(17-8-3-1-4-9-17)14-21(18-10-5-2-6-11-18)28-23(20)31-16-22(30)29-24-26-12-7-13-27-24/h1-14H,16H2,(H,26,27,29,30). The molecular weight excluding hydrogens is 406 g/mol. The van der Waals surface area contributed by atoms with E-state index in [4.69, 9.17) is 4.98 Å². The number of aromatic nitrogens is 3. The van der Waals surface area contributed by atoms with Crippen molar-refractivity contribution in [2.24, 2.45) is 0 Å². The molecule has 0 saturated heterocycles. The molecule has 2 aromatic carbocycles. The van der Waals surface area contributed by atoms with E-state index in [0.29, 0.717) is 10.6 Å². The highest BCUT2D eigenvalue weighted by molar-refractivity contribution is 8.00. The van der Waals surface area contributed by atoms with Crippen molar-refractivity contribution >= 4 is 23.6 Å². The second-order valence-corrected chi connectivity index (χ2v) is 7.45. The Morgan fingerprint density at radius 1 is 0.935 bits per heavy atom. The van der Waals surface area contributed by atoms with Gasteiger partial charge in [0.15, 0.2) is 0 Å². The lowest BCUT2D eigenvalue weighted by atomic mass is 9.99.